The minimum atomic E-state index is -0.722. The highest BCUT2D eigenvalue weighted by Crippen LogP contribution is 2.29. The Morgan fingerprint density at radius 2 is 2.33 bits per heavy atom. The third-order valence-corrected chi connectivity index (χ3v) is 2.98. The van der Waals surface area contributed by atoms with Crippen LogP contribution < -0.4 is 5.32 Å². The van der Waals surface area contributed by atoms with Gasteiger partial charge in [0.15, 0.2) is 0 Å². The molecule has 2 N–H and O–H groups in total. The number of carboxylic acid groups (broad SMARTS) is 1. The molecule has 1 aromatic rings. The molecule has 0 saturated heterocycles. The third-order valence-electron chi connectivity index (χ3n) is 2.98. The highest BCUT2D eigenvalue weighted by atomic mass is 16.4. The number of para-hydroxylation sites is 1. The van der Waals surface area contributed by atoms with Crippen LogP contribution in [0.15, 0.2) is 24.3 Å². The van der Waals surface area contributed by atoms with Crippen LogP contribution in [-0.4, -0.2) is 17.1 Å². The fraction of sp³-hybridized carbons (Fsp3) is 0.417. The number of benzene rings is 1. The minimum Gasteiger partial charge on any atom is -0.481 e. The monoisotopic (exact) mass is 205 g/mol. The van der Waals surface area contributed by atoms with Gasteiger partial charge in [0.1, 0.15) is 0 Å². The molecule has 0 aliphatic carbocycles. The second-order valence-electron chi connectivity index (χ2n) is 4.19. The SMILES string of the molecule is CC(CC(=O)O)C1Cc2ccccc2N1. The molecule has 3 heteroatoms. The van der Waals surface area contributed by atoms with Crippen molar-refractivity contribution in [3.8, 4) is 0 Å². The van der Waals surface area contributed by atoms with E-state index in [9.17, 15) is 4.79 Å². The molecule has 0 spiro atoms. The summed E-state index contributed by atoms with van der Waals surface area (Å²) in [5.74, 6) is -0.560. The summed E-state index contributed by atoms with van der Waals surface area (Å²) in [6, 6.07) is 8.41. The van der Waals surface area contributed by atoms with Gasteiger partial charge < -0.3 is 10.4 Å². The number of carbonyl (C=O) groups is 1. The van der Waals surface area contributed by atoms with Gasteiger partial charge in [0.2, 0.25) is 0 Å². The third kappa shape index (κ3) is 2.12. The van der Waals surface area contributed by atoms with Crippen molar-refractivity contribution in [3.05, 3.63) is 29.8 Å². The van der Waals surface area contributed by atoms with Gasteiger partial charge in [-0.1, -0.05) is 25.1 Å². The van der Waals surface area contributed by atoms with Crippen molar-refractivity contribution in [1.29, 1.82) is 0 Å². The molecule has 2 unspecified atom stereocenters. The van der Waals surface area contributed by atoms with Crippen LogP contribution >= 0.6 is 0 Å². The molecular weight excluding hydrogens is 190 g/mol. The van der Waals surface area contributed by atoms with Gasteiger partial charge in [0.25, 0.3) is 0 Å². The van der Waals surface area contributed by atoms with Crippen molar-refractivity contribution in [2.75, 3.05) is 5.32 Å². The number of fused-ring (bicyclic) bond motifs is 1. The summed E-state index contributed by atoms with van der Waals surface area (Å²) in [6.45, 7) is 1.98. The van der Waals surface area contributed by atoms with E-state index in [0.29, 0.717) is 0 Å². The molecule has 0 amide bonds. The zero-order chi connectivity index (χ0) is 10.8. The van der Waals surface area contributed by atoms with E-state index in [4.69, 9.17) is 5.11 Å². The van der Waals surface area contributed by atoms with Crippen molar-refractivity contribution >= 4 is 11.7 Å². The maximum atomic E-state index is 10.6. The second-order valence-corrected chi connectivity index (χ2v) is 4.19. The molecule has 2 atom stereocenters. The first-order valence-corrected chi connectivity index (χ1v) is 5.23. The molecule has 1 aliphatic rings. The largest absolute Gasteiger partial charge is 0.481 e. The van der Waals surface area contributed by atoms with Crippen LogP contribution in [-0.2, 0) is 11.2 Å². The number of aliphatic carboxylic acids is 1. The number of carboxylic acids is 1. The topological polar surface area (TPSA) is 49.3 Å². The Balaban J connectivity index is 2.03. The molecule has 15 heavy (non-hydrogen) atoms. The molecule has 0 fully saturated rings. The Labute approximate surface area is 89.1 Å². The Morgan fingerprint density at radius 1 is 1.60 bits per heavy atom. The Hall–Kier alpha value is -1.51. The van der Waals surface area contributed by atoms with E-state index in [1.54, 1.807) is 0 Å². The summed E-state index contributed by atoms with van der Waals surface area (Å²) in [7, 11) is 0. The molecule has 2 rings (SSSR count). The number of hydrogen-bond acceptors (Lipinski definition) is 2. The number of nitrogens with one attached hydrogen (secondary N) is 1. The summed E-state index contributed by atoms with van der Waals surface area (Å²) in [4.78, 5) is 10.6. The first-order valence-electron chi connectivity index (χ1n) is 5.23. The molecule has 0 saturated carbocycles. The van der Waals surface area contributed by atoms with Crippen molar-refractivity contribution in [2.24, 2.45) is 5.92 Å². The summed E-state index contributed by atoms with van der Waals surface area (Å²) in [6.07, 6.45) is 1.16. The summed E-state index contributed by atoms with van der Waals surface area (Å²) in [5.41, 5.74) is 2.44. The van der Waals surface area contributed by atoms with Gasteiger partial charge in [-0.05, 0) is 24.0 Å². The first kappa shape index (κ1) is 10.0. The zero-order valence-corrected chi connectivity index (χ0v) is 8.73. The quantitative estimate of drug-likeness (QED) is 0.794. The Morgan fingerprint density at radius 3 is 3.00 bits per heavy atom. The van der Waals surface area contributed by atoms with Crippen LogP contribution in [0.5, 0.6) is 0 Å². The lowest BCUT2D eigenvalue weighted by molar-refractivity contribution is -0.138. The van der Waals surface area contributed by atoms with Gasteiger partial charge in [-0.2, -0.15) is 0 Å². The molecule has 1 heterocycles. The molecule has 80 valence electrons. The van der Waals surface area contributed by atoms with Crippen LogP contribution in [0.25, 0.3) is 0 Å². The minimum absolute atomic E-state index is 0.162. The normalized spacial score (nSPS) is 20.5. The van der Waals surface area contributed by atoms with Crippen molar-refractivity contribution in [1.82, 2.24) is 0 Å². The van der Waals surface area contributed by atoms with Gasteiger partial charge in [-0.15, -0.1) is 0 Å². The van der Waals surface area contributed by atoms with E-state index in [1.807, 2.05) is 25.1 Å². The fourth-order valence-corrected chi connectivity index (χ4v) is 2.09. The maximum absolute atomic E-state index is 10.6. The second kappa shape index (κ2) is 3.93. The average Bonchev–Trinajstić information content (AvgIpc) is 2.59. The summed E-state index contributed by atoms with van der Waals surface area (Å²) in [5, 5.41) is 12.1. The van der Waals surface area contributed by atoms with Crippen molar-refractivity contribution in [3.63, 3.8) is 0 Å². The van der Waals surface area contributed by atoms with Crippen molar-refractivity contribution in [2.45, 2.75) is 25.8 Å². The van der Waals surface area contributed by atoms with Crippen LogP contribution in [0, 0.1) is 5.92 Å². The standard InChI is InChI=1S/C12H15NO2/c1-8(6-12(14)15)11-7-9-4-2-3-5-10(9)13-11/h2-5,8,11,13H,6-7H2,1H3,(H,14,15). The highest BCUT2D eigenvalue weighted by molar-refractivity contribution is 5.67. The first-order chi connectivity index (χ1) is 7.16. The highest BCUT2D eigenvalue weighted by Gasteiger charge is 2.26. The Kier molecular flexibility index (Phi) is 2.62. The number of rotatable bonds is 3. The average molecular weight is 205 g/mol. The fourth-order valence-electron chi connectivity index (χ4n) is 2.09. The summed E-state index contributed by atoms with van der Waals surface area (Å²) >= 11 is 0. The lowest BCUT2D eigenvalue weighted by atomic mass is 9.96. The lowest BCUT2D eigenvalue weighted by Crippen LogP contribution is -2.26. The van der Waals surface area contributed by atoms with E-state index in [2.05, 4.69) is 11.4 Å². The summed E-state index contributed by atoms with van der Waals surface area (Å²) < 4.78 is 0. The van der Waals surface area contributed by atoms with Crippen LogP contribution in [0.3, 0.4) is 0 Å². The van der Waals surface area contributed by atoms with Gasteiger partial charge in [0.05, 0.1) is 0 Å². The molecule has 1 aromatic carbocycles. The molecule has 0 aromatic heterocycles. The molecule has 0 radical (unpaired) electrons. The van der Waals surface area contributed by atoms with Crippen LogP contribution in [0.1, 0.15) is 18.9 Å². The van der Waals surface area contributed by atoms with Crippen molar-refractivity contribution < 1.29 is 9.90 Å². The van der Waals surface area contributed by atoms with Crippen LogP contribution in [0.4, 0.5) is 5.69 Å². The van der Waals surface area contributed by atoms with E-state index in [-0.39, 0.29) is 18.4 Å². The predicted octanol–water partition coefficient (Wildman–Crippen LogP) is 2.13. The predicted molar refractivity (Wildman–Crippen MR) is 59.0 cm³/mol. The van der Waals surface area contributed by atoms with Crippen LogP contribution in [0.2, 0.25) is 0 Å². The number of hydrogen-bond donors (Lipinski definition) is 2. The smallest absolute Gasteiger partial charge is 0.303 e. The lowest BCUT2D eigenvalue weighted by Gasteiger charge is -2.17. The zero-order valence-electron chi connectivity index (χ0n) is 8.73. The Bertz CT molecular complexity index is 351. The van der Waals surface area contributed by atoms with Gasteiger partial charge in [-0.3, -0.25) is 4.79 Å². The molecule has 3 nitrogen and oxygen atoms in total. The molecular formula is C12H15NO2. The maximum Gasteiger partial charge on any atom is 0.303 e. The number of anilines is 1. The molecule has 1 aliphatic heterocycles. The van der Waals surface area contributed by atoms with E-state index in [1.165, 1.54) is 5.56 Å². The van der Waals surface area contributed by atoms with Gasteiger partial charge in [0, 0.05) is 18.2 Å². The van der Waals surface area contributed by atoms with Gasteiger partial charge >= 0.3 is 5.97 Å². The van der Waals surface area contributed by atoms with E-state index < -0.39 is 5.97 Å². The van der Waals surface area contributed by atoms with E-state index >= 15 is 0 Å². The molecule has 0 bridgehead atoms. The van der Waals surface area contributed by atoms with Gasteiger partial charge in [-0.25, -0.2) is 0 Å². The van der Waals surface area contributed by atoms with E-state index in [0.717, 1.165) is 12.1 Å².